The van der Waals surface area contributed by atoms with Crippen LogP contribution >= 0.6 is 0 Å². The molecular weight excluding hydrogens is 388 g/mol. The molecule has 0 unspecified atom stereocenters. The minimum Gasteiger partial charge on any atom is -0.478 e. The van der Waals surface area contributed by atoms with Crippen LogP contribution in [0.1, 0.15) is 22.3 Å². The third kappa shape index (κ3) is 4.98. The molecule has 9 nitrogen and oxygen atoms in total. The summed E-state index contributed by atoms with van der Waals surface area (Å²) in [5.41, 5.74) is 3.45. The number of rotatable bonds is 5. The Bertz CT molecular complexity index is 845. The number of benzene rings is 1. The number of carbonyl (C=O) groups is 2. The lowest BCUT2D eigenvalue weighted by Crippen LogP contribution is -2.44. The van der Waals surface area contributed by atoms with E-state index in [-0.39, 0.29) is 11.7 Å². The fraction of sp³-hybridized carbons (Fsp3) is 0.476. The highest BCUT2D eigenvalue weighted by Crippen LogP contribution is 2.24. The lowest BCUT2D eigenvalue weighted by atomic mass is 10.0. The molecule has 30 heavy (non-hydrogen) atoms. The Labute approximate surface area is 175 Å². The number of amides is 1. The van der Waals surface area contributed by atoms with Crippen LogP contribution in [0.4, 0.5) is 4.79 Å². The van der Waals surface area contributed by atoms with Gasteiger partial charge in [0.2, 0.25) is 0 Å². The van der Waals surface area contributed by atoms with Gasteiger partial charge in [-0.1, -0.05) is 12.1 Å². The molecule has 0 radical (unpaired) electrons. The van der Waals surface area contributed by atoms with E-state index < -0.39 is 5.97 Å². The SMILES string of the molecule is O=C(O)c1ccc(CN2C=NC3=C(C2)CN(C(=O)OCN2CCOCC2)CC3)cc1. The molecule has 3 aliphatic rings. The molecule has 1 aromatic rings. The molecule has 1 N–H and O–H groups in total. The number of nitrogens with zero attached hydrogens (tertiary/aromatic N) is 4. The largest absolute Gasteiger partial charge is 0.478 e. The minimum atomic E-state index is -0.932. The average Bonchev–Trinajstić information content (AvgIpc) is 2.78. The third-order valence-corrected chi connectivity index (χ3v) is 5.50. The van der Waals surface area contributed by atoms with Gasteiger partial charge < -0.3 is 24.4 Å². The van der Waals surface area contributed by atoms with Crippen LogP contribution < -0.4 is 0 Å². The second-order valence-corrected chi connectivity index (χ2v) is 7.64. The normalized spacial score (nSPS) is 19.6. The standard InChI is InChI=1S/C21H26N4O5/c26-20(27)17-3-1-16(2-4-17)11-24-12-18-13-25(6-5-19(18)22-14-24)21(28)30-15-23-7-9-29-10-8-23/h1-4,14H,5-13,15H2,(H,26,27). The first kappa shape index (κ1) is 20.4. The van der Waals surface area contributed by atoms with Gasteiger partial charge in [0.05, 0.1) is 25.1 Å². The minimum absolute atomic E-state index is 0.273. The van der Waals surface area contributed by atoms with Gasteiger partial charge >= 0.3 is 12.1 Å². The van der Waals surface area contributed by atoms with Crippen molar-refractivity contribution in [3.8, 4) is 0 Å². The Balaban J connectivity index is 1.29. The van der Waals surface area contributed by atoms with Crippen LogP contribution in [0.2, 0.25) is 0 Å². The van der Waals surface area contributed by atoms with Crippen molar-refractivity contribution in [2.45, 2.75) is 13.0 Å². The Hall–Kier alpha value is -2.91. The zero-order valence-electron chi connectivity index (χ0n) is 16.8. The van der Waals surface area contributed by atoms with Crippen molar-refractivity contribution in [2.24, 2.45) is 4.99 Å². The van der Waals surface area contributed by atoms with Crippen LogP contribution in [-0.2, 0) is 16.0 Å². The fourth-order valence-corrected chi connectivity index (χ4v) is 3.76. The van der Waals surface area contributed by atoms with E-state index in [0.29, 0.717) is 46.1 Å². The molecule has 0 bridgehead atoms. The van der Waals surface area contributed by atoms with Crippen LogP contribution in [0.25, 0.3) is 0 Å². The predicted octanol–water partition coefficient (Wildman–Crippen LogP) is 1.61. The molecule has 1 amide bonds. The molecule has 160 valence electrons. The van der Waals surface area contributed by atoms with Crippen molar-refractivity contribution in [2.75, 3.05) is 52.7 Å². The van der Waals surface area contributed by atoms with Crippen molar-refractivity contribution in [1.29, 1.82) is 0 Å². The Morgan fingerprint density at radius 2 is 1.87 bits per heavy atom. The zero-order valence-corrected chi connectivity index (χ0v) is 16.8. The molecule has 1 aromatic carbocycles. The van der Waals surface area contributed by atoms with E-state index in [1.165, 1.54) is 0 Å². The molecule has 0 aromatic heterocycles. The summed E-state index contributed by atoms with van der Waals surface area (Å²) in [7, 11) is 0. The van der Waals surface area contributed by atoms with Crippen LogP contribution in [0.15, 0.2) is 40.5 Å². The molecule has 1 saturated heterocycles. The van der Waals surface area contributed by atoms with Gasteiger partial charge in [0, 0.05) is 51.4 Å². The van der Waals surface area contributed by atoms with Crippen molar-refractivity contribution in [3.63, 3.8) is 0 Å². The van der Waals surface area contributed by atoms with Crippen molar-refractivity contribution in [1.82, 2.24) is 14.7 Å². The van der Waals surface area contributed by atoms with E-state index in [1.54, 1.807) is 17.0 Å². The summed E-state index contributed by atoms with van der Waals surface area (Å²) in [6.45, 7) is 5.63. The smallest absolute Gasteiger partial charge is 0.411 e. The van der Waals surface area contributed by atoms with Gasteiger partial charge in [-0.05, 0) is 23.3 Å². The maximum atomic E-state index is 12.5. The van der Waals surface area contributed by atoms with Crippen LogP contribution in [0.3, 0.4) is 0 Å². The molecule has 9 heteroatoms. The maximum Gasteiger partial charge on any atom is 0.411 e. The van der Waals surface area contributed by atoms with Crippen molar-refractivity contribution in [3.05, 3.63) is 46.7 Å². The quantitative estimate of drug-likeness (QED) is 0.782. The second kappa shape index (κ2) is 9.27. The Kier molecular flexibility index (Phi) is 6.29. The lowest BCUT2D eigenvalue weighted by Gasteiger charge is -2.34. The van der Waals surface area contributed by atoms with E-state index in [2.05, 4.69) is 14.8 Å². The van der Waals surface area contributed by atoms with E-state index in [9.17, 15) is 9.59 Å². The Morgan fingerprint density at radius 3 is 2.60 bits per heavy atom. The summed E-state index contributed by atoms with van der Waals surface area (Å²) >= 11 is 0. The summed E-state index contributed by atoms with van der Waals surface area (Å²) in [4.78, 5) is 33.9. The highest BCUT2D eigenvalue weighted by molar-refractivity contribution is 5.87. The van der Waals surface area contributed by atoms with Gasteiger partial charge in [-0.3, -0.25) is 4.90 Å². The first-order valence-electron chi connectivity index (χ1n) is 10.1. The number of carboxylic acid groups (broad SMARTS) is 1. The summed E-state index contributed by atoms with van der Waals surface area (Å²) < 4.78 is 10.8. The number of aliphatic imine (C=N–C) groups is 1. The van der Waals surface area contributed by atoms with Crippen LogP contribution in [-0.4, -0.2) is 90.9 Å². The van der Waals surface area contributed by atoms with E-state index in [0.717, 1.165) is 36.3 Å². The summed E-state index contributed by atoms with van der Waals surface area (Å²) in [6, 6.07) is 6.85. The summed E-state index contributed by atoms with van der Waals surface area (Å²) in [5.74, 6) is -0.932. The molecular formula is C21H26N4O5. The van der Waals surface area contributed by atoms with Gasteiger partial charge in [0.15, 0.2) is 0 Å². The van der Waals surface area contributed by atoms with Gasteiger partial charge in [-0.2, -0.15) is 0 Å². The first-order valence-corrected chi connectivity index (χ1v) is 10.1. The number of morpholine rings is 1. The van der Waals surface area contributed by atoms with Gasteiger partial charge in [-0.15, -0.1) is 0 Å². The monoisotopic (exact) mass is 414 g/mol. The van der Waals surface area contributed by atoms with E-state index >= 15 is 0 Å². The molecule has 1 fully saturated rings. The molecule has 3 aliphatic heterocycles. The molecule has 0 atom stereocenters. The number of aromatic carboxylic acids is 1. The fourth-order valence-electron chi connectivity index (χ4n) is 3.76. The van der Waals surface area contributed by atoms with Crippen molar-refractivity contribution < 1.29 is 24.2 Å². The van der Waals surface area contributed by atoms with Crippen LogP contribution in [0.5, 0.6) is 0 Å². The maximum absolute atomic E-state index is 12.5. The topological polar surface area (TPSA) is 94.9 Å². The van der Waals surface area contributed by atoms with Gasteiger partial charge in [0.1, 0.15) is 6.73 Å². The molecule has 4 rings (SSSR count). The first-order chi connectivity index (χ1) is 14.6. The summed E-state index contributed by atoms with van der Waals surface area (Å²) in [5, 5.41) is 9.02. The predicted molar refractivity (Wildman–Crippen MR) is 109 cm³/mol. The number of hydrogen-bond acceptors (Lipinski definition) is 7. The van der Waals surface area contributed by atoms with Crippen molar-refractivity contribution >= 4 is 18.4 Å². The van der Waals surface area contributed by atoms with E-state index in [4.69, 9.17) is 14.6 Å². The molecule has 0 spiro atoms. The molecule has 3 heterocycles. The second-order valence-electron chi connectivity index (χ2n) is 7.64. The van der Waals surface area contributed by atoms with E-state index in [1.807, 2.05) is 18.5 Å². The molecule has 0 aliphatic carbocycles. The number of carboxylic acids is 1. The molecule has 0 saturated carbocycles. The average molecular weight is 414 g/mol. The van der Waals surface area contributed by atoms with Gasteiger partial charge in [-0.25, -0.2) is 14.6 Å². The number of ether oxygens (including phenoxy) is 2. The van der Waals surface area contributed by atoms with Gasteiger partial charge in [0.25, 0.3) is 0 Å². The highest BCUT2D eigenvalue weighted by atomic mass is 16.6. The third-order valence-electron chi connectivity index (χ3n) is 5.50. The number of carbonyl (C=O) groups excluding carboxylic acids is 1. The zero-order chi connectivity index (χ0) is 20.9. The summed E-state index contributed by atoms with van der Waals surface area (Å²) in [6.07, 6.45) is 2.26. The Morgan fingerprint density at radius 1 is 1.10 bits per heavy atom. The van der Waals surface area contributed by atoms with Crippen LogP contribution in [0, 0.1) is 0 Å². The lowest BCUT2D eigenvalue weighted by molar-refractivity contribution is -0.0172. The highest BCUT2D eigenvalue weighted by Gasteiger charge is 2.27. The number of hydrogen-bond donors (Lipinski definition) is 1.